The predicted octanol–water partition coefficient (Wildman–Crippen LogP) is 1.63. The van der Waals surface area contributed by atoms with Crippen molar-refractivity contribution in [1.29, 1.82) is 0 Å². The summed E-state index contributed by atoms with van der Waals surface area (Å²) in [4.78, 5) is 26.3. The van der Waals surface area contributed by atoms with Crippen LogP contribution in [0.2, 0.25) is 0 Å². The topological polar surface area (TPSA) is 46.6 Å². The van der Waals surface area contributed by atoms with E-state index in [1.54, 1.807) is 0 Å². The Bertz CT molecular complexity index is 276. The van der Waals surface area contributed by atoms with Gasteiger partial charge in [0, 0.05) is 13.0 Å². The number of rotatable bonds is 5. The van der Waals surface area contributed by atoms with Crippen molar-refractivity contribution >= 4 is 11.8 Å². The Morgan fingerprint density at radius 1 is 1.35 bits per heavy atom. The molecule has 0 N–H and O–H groups in total. The van der Waals surface area contributed by atoms with Crippen LogP contribution < -0.4 is 0 Å². The summed E-state index contributed by atoms with van der Waals surface area (Å²) in [7, 11) is 1.37. The second kappa shape index (κ2) is 6.15. The van der Waals surface area contributed by atoms with E-state index >= 15 is 0 Å². The summed E-state index contributed by atoms with van der Waals surface area (Å²) in [6.07, 6.45) is 2.98. The zero-order valence-corrected chi connectivity index (χ0v) is 11.1. The Morgan fingerprint density at radius 3 is 2.47 bits per heavy atom. The van der Waals surface area contributed by atoms with E-state index in [0.29, 0.717) is 19.4 Å². The van der Waals surface area contributed by atoms with Crippen LogP contribution in [0, 0.1) is 5.41 Å². The number of Topliss-reactive ketones (excluding diaryl/α,β-unsaturated/α-hetero) is 1. The van der Waals surface area contributed by atoms with Gasteiger partial charge >= 0.3 is 5.97 Å². The van der Waals surface area contributed by atoms with Gasteiger partial charge < -0.3 is 9.64 Å². The van der Waals surface area contributed by atoms with Gasteiger partial charge in [0.25, 0.3) is 0 Å². The SMILES string of the molecule is CCN(CC)CC1(C(=O)OC)CCCCC1=O. The standard InChI is InChI=1S/C13H23NO3/c1-4-14(5-2)10-13(12(16)17-3)9-7-6-8-11(13)15/h4-10H2,1-3H3. The Hall–Kier alpha value is -0.900. The quantitative estimate of drug-likeness (QED) is 0.542. The molecule has 0 bridgehead atoms. The van der Waals surface area contributed by atoms with Crippen LogP contribution >= 0.6 is 0 Å². The molecular formula is C13H23NO3. The van der Waals surface area contributed by atoms with Crippen LogP contribution in [0.5, 0.6) is 0 Å². The number of ketones is 1. The molecule has 4 heteroatoms. The molecular weight excluding hydrogens is 218 g/mol. The van der Waals surface area contributed by atoms with Crippen LogP contribution in [-0.2, 0) is 14.3 Å². The molecule has 0 aliphatic heterocycles. The number of esters is 1. The molecule has 98 valence electrons. The van der Waals surface area contributed by atoms with Crippen LogP contribution in [0.3, 0.4) is 0 Å². The van der Waals surface area contributed by atoms with E-state index < -0.39 is 5.41 Å². The van der Waals surface area contributed by atoms with Crippen molar-refractivity contribution < 1.29 is 14.3 Å². The molecule has 4 nitrogen and oxygen atoms in total. The van der Waals surface area contributed by atoms with Crippen molar-refractivity contribution in [3.8, 4) is 0 Å². The van der Waals surface area contributed by atoms with E-state index in [1.807, 2.05) is 13.8 Å². The molecule has 0 aromatic heterocycles. The summed E-state index contributed by atoms with van der Waals surface area (Å²) in [5.74, 6) is -0.295. The minimum absolute atomic E-state index is 0.0579. The molecule has 1 aliphatic carbocycles. The van der Waals surface area contributed by atoms with Gasteiger partial charge in [-0.15, -0.1) is 0 Å². The Labute approximate surface area is 103 Å². The van der Waals surface area contributed by atoms with Gasteiger partial charge in [-0.3, -0.25) is 9.59 Å². The van der Waals surface area contributed by atoms with Crippen molar-refractivity contribution in [1.82, 2.24) is 4.90 Å². The van der Waals surface area contributed by atoms with E-state index in [1.165, 1.54) is 7.11 Å². The fourth-order valence-electron chi connectivity index (χ4n) is 2.56. The first-order valence-corrected chi connectivity index (χ1v) is 6.44. The number of nitrogens with zero attached hydrogens (tertiary/aromatic N) is 1. The predicted molar refractivity (Wildman–Crippen MR) is 65.7 cm³/mol. The first-order chi connectivity index (χ1) is 8.10. The molecule has 1 fully saturated rings. The summed E-state index contributed by atoms with van der Waals surface area (Å²) in [6.45, 7) is 6.29. The van der Waals surface area contributed by atoms with Gasteiger partial charge in [-0.2, -0.15) is 0 Å². The van der Waals surface area contributed by atoms with E-state index in [0.717, 1.165) is 25.9 Å². The summed E-state index contributed by atoms with van der Waals surface area (Å²) in [5, 5.41) is 0. The second-order valence-electron chi connectivity index (χ2n) is 4.67. The molecule has 0 aromatic rings. The van der Waals surface area contributed by atoms with Crippen LogP contribution in [0.4, 0.5) is 0 Å². The lowest BCUT2D eigenvalue weighted by Crippen LogP contribution is -2.50. The number of methoxy groups -OCH3 is 1. The molecule has 0 amide bonds. The van der Waals surface area contributed by atoms with E-state index in [2.05, 4.69) is 4.90 Å². The second-order valence-corrected chi connectivity index (χ2v) is 4.67. The first-order valence-electron chi connectivity index (χ1n) is 6.44. The van der Waals surface area contributed by atoms with Crippen molar-refractivity contribution in [2.45, 2.75) is 39.5 Å². The minimum atomic E-state index is -0.904. The fraction of sp³-hybridized carbons (Fsp3) is 0.846. The monoisotopic (exact) mass is 241 g/mol. The summed E-state index contributed by atoms with van der Waals surface area (Å²) >= 11 is 0. The summed E-state index contributed by atoms with van der Waals surface area (Å²) in [6, 6.07) is 0. The minimum Gasteiger partial charge on any atom is -0.468 e. The molecule has 1 unspecified atom stereocenters. The third-order valence-electron chi connectivity index (χ3n) is 3.76. The van der Waals surface area contributed by atoms with E-state index in [4.69, 9.17) is 4.74 Å². The number of hydrogen-bond donors (Lipinski definition) is 0. The van der Waals surface area contributed by atoms with Crippen molar-refractivity contribution in [2.24, 2.45) is 5.41 Å². The lowest BCUT2D eigenvalue weighted by Gasteiger charge is -2.36. The highest BCUT2D eigenvalue weighted by molar-refractivity contribution is 6.04. The van der Waals surface area contributed by atoms with Crippen molar-refractivity contribution in [2.75, 3.05) is 26.7 Å². The van der Waals surface area contributed by atoms with Gasteiger partial charge in [-0.25, -0.2) is 0 Å². The third kappa shape index (κ3) is 2.86. The van der Waals surface area contributed by atoms with E-state index in [-0.39, 0.29) is 11.8 Å². The lowest BCUT2D eigenvalue weighted by atomic mass is 9.72. The maximum atomic E-state index is 12.2. The van der Waals surface area contributed by atoms with Crippen LogP contribution in [0.25, 0.3) is 0 Å². The largest absolute Gasteiger partial charge is 0.468 e. The molecule has 0 spiro atoms. The molecule has 1 saturated carbocycles. The number of carbonyl (C=O) groups is 2. The number of ether oxygens (including phenoxy) is 1. The Balaban J connectivity index is 2.92. The van der Waals surface area contributed by atoms with Gasteiger partial charge in [-0.1, -0.05) is 20.3 Å². The normalized spacial score (nSPS) is 25.1. The summed E-state index contributed by atoms with van der Waals surface area (Å²) < 4.78 is 4.87. The van der Waals surface area contributed by atoms with Crippen molar-refractivity contribution in [3.63, 3.8) is 0 Å². The first kappa shape index (κ1) is 14.2. The highest BCUT2D eigenvalue weighted by Crippen LogP contribution is 2.35. The molecule has 1 rings (SSSR count). The lowest BCUT2D eigenvalue weighted by molar-refractivity contribution is -0.161. The van der Waals surface area contributed by atoms with Crippen LogP contribution in [-0.4, -0.2) is 43.4 Å². The van der Waals surface area contributed by atoms with Gasteiger partial charge in [0.1, 0.15) is 5.41 Å². The van der Waals surface area contributed by atoms with Crippen LogP contribution in [0.1, 0.15) is 39.5 Å². The van der Waals surface area contributed by atoms with Gasteiger partial charge in [0.2, 0.25) is 0 Å². The smallest absolute Gasteiger partial charge is 0.320 e. The zero-order chi connectivity index (χ0) is 12.9. The van der Waals surface area contributed by atoms with Gasteiger partial charge in [0.05, 0.1) is 7.11 Å². The van der Waals surface area contributed by atoms with Crippen molar-refractivity contribution in [3.05, 3.63) is 0 Å². The molecule has 1 aliphatic rings. The highest BCUT2D eigenvalue weighted by Gasteiger charge is 2.48. The average molecular weight is 241 g/mol. The molecule has 0 radical (unpaired) electrons. The maximum Gasteiger partial charge on any atom is 0.320 e. The summed E-state index contributed by atoms with van der Waals surface area (Å²) in [5.41, 5.74) is -0.904. The highest BCUT2D eigenvalue weighted by atomic mass is 16.5. The Kier molecular flexibility index (Phi) is 5.12. The molecule has 17 heavy (non-hydrogen) atoms. The maximum absolute atomic E-state index is 12.2. The molecule has 0 aromatic carbocycles. The Morgan fingerprint density at radius 2 is 2.00 bits per heavy atom. The molecule has 0 saturated heterocycles. The van der Waals surface area contributed by atoms with Crippen LogP contribution in [0.15, 0.2) is 0 Å². The molecule has 0 heterocycles. The average Bonchev–Trinajstić information content (AvgIpc) is 2.37. The zero-order valence-electron chi connectivity index (χ0n) is 11.1. The van der Waals surface area contributed by atoms with E-state index in [9.17, 15) is 9.59 Å². The number of hydrogen-bond acceptors (Lipinski definition) is 4. The fourth-order valence-corrected chi connectivity index (χ4v) is 2.56. The molecule has 1 atom stereocenters. The van der Waals surface area contributed by atoms with Gasteiger partial charge in [0.15, 0.2) is 5.78 Å². The third-order valence-corrected chi connectivity index (χ3v) is 3.76. The van der Waals surface area contributed by atoms with Gasteiger partial charge in [-0.05, 0) is 25.9 Å². The number of carbonyl (C=O) groups excluding carboxylic acids is 2.